The predicted molar refractivity (Wildman–Crippen MR) is 122 cm³/mol. The van der Waals surface area contributed by atoms with Crippen LogP contribution in [0.25, 0.3) is 17.4 Å². The standard InChI is InChI=1S/C23H19N3O4S/c1-13-6-4-5-7-18(13)24-23-25-22(27)21(31-23)12-16-8-9-20(30-16)17-10-14(2)15(3)11-19(17)26(28)29/h4-12H,1-3H3,(H,24,25,27)/b21-12-. The highest BCUT2D eigenvalue weighted by molar-refractivity contribution is 8.18. The van der Waals surface area contributed by atoms with Gasteiger partial charge in [-0.2, -0.15) is 0 Å². The molecule has 1 fully saturated rings. The Morgan fingerprint density at radius 2 is 1.81 bits per heavy atom. The summed E-state index contributed by atoms with van der Waals surface area (Å²) in [6.45, 7) is 5.67. The zero-order valence-electron chi connectivity index (χ0n) is 17.1. The molecular formula is C23H19N3O4S. The number of aliphatic imine (C=N–C) groups is 1. The second-order valence-electron chi connectivity index (χ2n) is 7.18. The van der Waals surface area contributed by atoms with E-state index in [9.17, 15) is 14.9 Å². The number of amides is 1. The van der Waals surface area contributed by atoms with Crippen molar-refractivity contribution in [3.63, 3.8) is 0 Å². The number of carbonyl (C=O) groups excluding carboxylic acids is 1. The van der Waals surface area contributed by atoms with Crippen LogP contribution < -0.4 is 5.32 Å². The summed E-state index contributed by atoms with van der Waals surface area (Å²) < 4.78 is 5.82. The van der Waals surface area contributed by atoms with Gasteiger partial charge in [-0.05, 0) is 73.5 Å². The molecule has 0 spiro atoms. The van der Waals surface area contributed by atoms with Crippen molar-refractivity contribution in [3.8, 4) is 11.3 Å². The minimum atomic E-state index is -0.420. The molecule has 1 saturated heterocycles. The number of amidine groups is 1. The molecule has 2 heterocycles. The van der Waals surface area contributed by atoms with Crippen molar-refractivity contribution in [2.75, 3.05) is 0 Å². The number of nitrogens with zero attached hydrogens (tertiary/aromatic N) is 2. The highest BCUT2D eigenvalue weighted by Gasteiger charge is 2.25. The molecule has 0 atom stereocenters. The van der Waals surface area contributed by atoms with Gasteiger partial charge < -0.3 is 9.73 Å². The average molecular weight is 433 g/mol. The summed E-state index contributed by atoms with van der Waals surface area (Å²) in [6, 6.07) is 14.3. The summed E-state index contributed by atoms with van der Waals surface area (Å²) in [5.41, 5.74) is 3.95. The van der Waals surface area contributed by atoms with E-state index in [4.69, 9.17) is 4.42 Å². The van der Waals surface area contributed by atoms with Crippen LogP contribution in [0.15, 0.2) is 62.8 Å². The maximum absolute atomic E-state index is 12.4. The van der Waals surface area contributed by atoms with Crippen molar-refractivity contribution in [2.24, 2.45) is 4.99 Å². The van der Waals surface area contributed by atoms with Crippen molar-refractivity contribution < 1.29 is 14.1 Å². The fourth-order valence-corrected chi connectivity index (χ4v) is 3.95. The molecule has 0 radical (unpaired) electrons. The van der Waals surface area contributed by atoms with Crippen molar-refractivity contribution in [1.29, 1.82) is 0 Å². The van der Waals surface area contributed by atoms with Crippen molar-refractivity contribution in [2.45, 2.75) is 20.8 Å². The maximum Gasteiger partial charge on any atom is 0.280 e. The fraction of sp³-hybridized carbons (Fsp3) is 0.130. The van der Waals surface area contributed by atoms with Crippen molar-refractivity contribution in [1.82, 2.24) is 5.32 Å². The van der Waals surface area contributed by atoms with E-state index >= 15 is 0 Å². The van der Waals surface area contributed by atoms with E-state index in [0.29, 0.717) is 27.2 Å². The molecule has 2 aromatic carbocycles. The van der Waals surface area contributed by atoms with Gasteiger partial charge in [0.15, 0.2) is 5.17 Å². The number of hydrogen-bond donors (Lipinski definition) is 1. The number of carbonyl (C=O) groups is 1. The van der Waals surface area contributed by atoms with Crippen LogP contribution in [0.3, 0.4) is 0 Å². The van der Waals surface area contributed by atoms with E-state index < -0.39 is 4.92 Å². The summed E-state index contributed by atoms with van der Waals surface area (Å²) in [6.07, 6.45) is 1.61. The van der Waals surface area contributed by atoms with Gasteiger partial charge in [0.25, 0.3) is 11.6 Å². The number of benzene rings is 2. The van der Waals surface area contributed by atoms with Crippen LogP contribution in [0.1, 0.15) is 22.5 Å². The lowest BCUT2D eigenvalue weighted by molar-refractivity contribution is -0.384. The van der Waals surface area contributed by atoms with Gasteiger partial charge in [-0.1, -0.05) is 18.2 Å². The van der Waals surface area contributed by atoms with Gasteiger partial charge in [-0.25, -0.2) is 4.99 Å². The van der Waals surface area contributed by atoms with E-state index in [1.807, 2.05) is 45.0 Å². The van der Waals surface area contributed by atoms with Crippen LogP contribution in [0.4, 0.5) is 11.4 Å². The van der Waals surface area contributed by atoms with Crippen LogP contribution in [0.5, 0.6) is 0 Å². The summed E-state index contributed by atoms with van der Waals surface area (Å²) in [4.78, 5) is 28.4. The first-order valence-electron chi connectivity index (χ1n) is 9.53. The zero-order valence-corrected chi connectivity index (χ0v) is 17.9. The molecule has 0 unspecified atom stereocenters. The Labute approximate surface area is 183 Å². The minimum absolute atomic E-state index is 0.0164. The minimum Gasteiger partial charge on any atom is -0.456 e. The van der Waals surface area contributed by atoms with Gasteiger partial charge in [0.1, 0.15) is 11.5 Å². The molecule has 1 N–H and O–H groups in total. The lowest BCUT2D eigenvalue weighted by Gasteiger charge is -2.04. The number of hydrogen-bond acceptors (Lipinski definition) is 6. The molecule has 0 saturated carbocycles. The monoisotopic (exact) mass is 433 g/mol. The van der Waals surface area contributed by atoms with Crippen LogP contribution in [-0.4, -0.2) is 16.0 Å². The number of nitrogens with one attached hydrogen (secondary N) is 1. The molecule has 0 bridgehead atoms. The van der Waals surface area contributed by atoms with E-state index in [1.165, 1.54) is 11.8 Å². The SMILES string of the molecule is Cc1cc(-c2ccc(/C=C3\SC(=Nc4ccccc4C)NC3=O)o2)c([N+](=O)[O-])cc1C. The number of thioether (sulfide) groups is 1. The molecule has 7 nitrogen and oxygen atoms in total. The summed E-state index contributed by atoms with van der Waals surface area (Å²) >= 11 is 1.22. The Balaban J connectivity index is 1.62. The van der Waals surface area contributed by atoms with E-state index in [2.05, 4.69) is 10.3 Å². The molecule has 1 aliphatic rings. The highest BCUT2D eigenvalue weighted by atomic mass is 32.2. The molecule has 4 rings (SSSR count). The smallest absolute Gasteiger partial charge is 0.280 e. The summed E-state index contributed by atoms with van der Waals surface area (Å²) in [5.74, 6) is 0.531. The summed E-state index contributed by atoms with van der Waals surface area (Å²) in [5, 5.41) is 14.7. The summed E-state index contributed by atoms with van der Waals surface area (Å²) in [7, 11) is 0. The normalized spacial score (nSPS) is 16.2. The van der Waals surface area contributed by atoms with Crippen molar-refractivity contribution >= 4 is 40.3 Å². The highest BCUT2D eigenvalue weighted by Crippen LogP contribution is 2.35. The number of nitro groups is 1. The quantitative estimate of drug-likeness (QED) is 0.325. The van der Waals surface area contributed by atoms with Gasteiger partial charge in [0, 0.05) is 12.1 Å². The third-order valence-electron chi connectivity index (χ3n) is 4.96. The molecule has 0 aliphatic carbocycles. The second-order valence-corrected chi connectivity index (χ2v) is 8.21. The van der Waals surface area contributed by atoms with Crippen LogP contribution >= 0.6 is 11.8 Å². The predicted octanol–water partition coefficient (Wildman–Crippen LogP) is 5.67. The van der Waals surface area contributed by atoms with E-state index in [0.717, 1.165) is 22.4 Å². The van der Waals surface area contributed by atoms with Crippen LogP contribution in [0, 0.1) is 30.9 Å². The topological polar surface area (TPSA) is 97.7 Å². The lowest BCUT2D eigenvalue weighted by atomic mass is 10.0. The lowest BCUT2D eigenvalue weighted by Crippen LogP contribution is -2.19. The Kier molecular flexibility index (Phi) is 5.48. The fourth-order valence-electron chi connectivity index (χ4n) is 3.13. The molecule has 31 heavy (non-hydrogen) atoms. The van der Waals surface area contributed by atoms with Gasteiger partial charge >= 0.3 is 0 Å². The first-order valence-corrected chi connectivity index (χ1v) is 10.3. The molecule has 1 aliphatic heterocycles. The second kappa shape index (κ2) is 8.23. The van der Waals surface area contributed by atoms with Crippen LogP contribution in [-0.2, 0) is 4.79 Å². The molecule has 8 heteroatoms. The number of rotatable bonds is 4. The van der Waals surface area contributed by atoms with Gasteiger partial charge in [-0.15, -0.1) is 0 Å². The third-order valence-corrected chi connectivity index (χ3v) is 5.87. The maximum atomic E-state index is 12.4. The number of aryl methyl sites for hydroxylation is 3. The number of para-hydroxylation sites is 1. The van der Waals surface area contributed by atoms with Gasteiger partial charge in [-0.3, -0.25) is 14.9 Å². The van der Waals surface area contributed by atoms with Gasteiger partial charge in [0.2, 0.25) is 0 Å². The van der Waals surface area contributed by atoms with E-state index in [1.54, 1.807) is 30.3 Å². The third kappa shape index (κ3) is 4.29. The molecule has 156 valence electrons. The Bertz CT molecular complexity index is 1270. The Morgan fingerprint density at radius 3 is 2.55 bits per heavy atom. The average Bonchev–Trinajstić information content (AvgIpc) is 3.32. The first-order chi connectivity index (χ1) is 14.8. The molecule has 3 aromatic rings. The number of nitro benzene ring substituents is 1. The van der Waals surface area contributed by atoms with Gasteiger partial charge in [0.05, 0.1) is 21.1 Å². The van der Waals surface area contributed by atoms with Crippen molar-refractivity contribution in [3.05, 3.63) is 86.0 Å². The Hall–Kier alpha value is -3.65. The zero-order chi connectivity index (χ0) is 22.1. The molecule has 1 aromatic heterocycles. The molecular weight excluding hydrogens is 414 g/mol. The molecule has 1 amide bonds. The van der Waals surface area contributed by atoms with Crippen LogP contribution in [0.2, 0.25) is 0 Å². The number of furan rings is 1. The Morgan fingerprint density at radius 1 is 1.06 bits per heavy atom. The largest absolute Gasteiger partial charge is 0.456 e. The van der Waals surface area contributed by atoms with E-state index in [-0.39, 0.29) is 11.6 Å². The first kappa shape index (κ1) is 20.6.